The van der Waals surface area contributed by atoms with Crippen LogP contribution in [0.2, 0.25) is 0 Å². The summed E-state index contributed by atoms with van der Waals surface area (Å²) in [6.07, 6.45) is 5.73. The summed E-state index contributed by atoms with van der Waals surface area (Å²) in [5.41, 5.74) is 0. The first-order valence-electron chi connectivity index (χ1n) is 5.60. The summed E-state index contributed by atoms with van der Waals surface area (Å²) in [6, 6.07) is 1.25. The maximum atomic E-state index is 11.6. The van der Waals surface area contributed by atoms with Crippen molar-refractivity contribution in [1.82, 2.24) is 4.90 Å². The molecular formula is C11H19NO. The quantitative estimate of drug-likeness (QED) is 0.653. The number of likely N-dealkylation sites (tertiary alicyclic amines) is 1. The molecule has 2 fully saturated rings. The lowest BCUT2D eigenvalue weighted by Crippen LogP contribution is -2.70. The van der Waals surface area contributed by atoms with Crippen molar-refractivity contribution in [2.24, 2.45) is 5.92 Å². The van der Waals surface area contributed by atoms with Gasteiger partial charge in [0.1, 0.15) is 0 Å². The van der Waals surface area contributed by atoms with Crippen LogP contribution in [0.1, 0.15) is 46.0 Å². The summed E-state index contributed by atoms with van der Waals surface area (Å²) in [7, 11) is 0. The van der Waals surface area contributed by atoms with Gasteiger partial charge in [-0.1, -0.05) is 20.3 Å². The van der Waals surface area contributed by atoms with Gasteiger partial charge in [-0.25, -0.2) is 0 Å². The molecule has 3 unspecified atom stereocenters. The van der Waals surface area contributed by atoms with Crippen molar-refractivity contribution in [3.63, 3.8) is 0 Å². The number of nitrogens with zero attached hydrogens (tertiary/aromatic N) is 1. The van der Waals surface area contributed by atoms with Gasteiger partial charge in [-0.2, -0.15) is 0 Å². The van der Waals surface area contributed by atoms with Gasteiger partial charge in [0, 0.05) is 18.5 Å². The second kappa shape index (κ2) is 3.32. The van der Waals surface area contributed by atoms with E-state index in [0.717, 1.165) is 5.92 Å². The van der Waals surface area contributed by atoms with Gasteiger partial charge in [0.15, 0.2) is 0 Å². The molecular weight excluding hydrogens is 162 g/mol. The zero-order chi connectivity index (χ0) is 9.42. The Morgan fingerprint density at radius 2 is 2.15 bits per heavy atom. The van der Waals surface area contributed by atoms with Crippen LogP contribution in [0.25, 0.3) is 0 Å². The summed E-state index contributed by atoms with van der Waals surface area (Å²) >= 11 is 0. The van der Waals surface area contributed by atoms with E-state index >= 15 is 0 Å². The topological polar surface area (TPSA) is 20.3 Å². The maximum Gasteiger partial charge on any atom is 0.222 e. The number of carbonyl (C=O) groups excluding carboxylic acids is 1. The standard InChI is InChI=1S/C11H19NO/c1-3-5-9-8-6-7-10(8)12(9)11(13)4-2/h8-10H,3-7H2,1-2H3. The number of amides is 1. The number of hydrogen-bond acceptors (Lipinski definition) is 1. The lowest BCUT2D eigenvalue weighted by atomic mass is 9.64. The average molecular weight is 181 g/mol. The molecule has 0 aromatic rings. The SMILES string of the molecule is CCCC1C2CCC2N1C(=O)CC. The number of fused-ring (bicyclic) bond motifs is 1. The molecule has 2 aliphatic rings. The molecule has 74 valence electrons. The minimum atomic E-state index is 0.374. The minimum absolute atomic E-state index is 0.374. The molecule has 2 rings (SSSR count). The molecule has 2 heteroatoms. The van der Waals surface area contributed by atoms with E-state index < -0.39 is 0 Å². The first kappa shape index (κ1) is 9.04. The van der Waals surface area contributed by atoms with Crippen LogP contribution in [-0.2, 0) is 4.79 Å². The predicted molar refractivity (Wildman–Crippen MR) is 52.3 cm³/mol. The molecule has 3 atom stereocenters. The van der Waals surface area contributed by atoms with Gasteiger partial charge in [0.2, 0.25) is 5.91 Å². The van der Waals surface area contributed by atoms with Gasteiger partial charge in [-0.05, 0) is 25.2 Å². The van der Waals surface area contributed by atoms with E-state index in [9.17, 15) is 4.79 Å². The fourth-order valence-electron chi connectivity index (χ4n) is 2.85. The zero-order valence-corrected chi connectivity index (χ0v) is 8.62. The summed E-state index contributed by atoms with van der Waals surface area (Å²) < 4.78 is 0. The Morgan fingerprint density at radius 1 is 1.38 bits per heavy atom. The molecule has 0 bridgehead atoms. The number of rotatable bonds is 3. The molecule has 13 heavy (non-hydrogen) atoms. The third-order valence-electron chi connectivity index (χ3n) is 3.67. The summed E-state index contributed by atoms with van der Waals surface area (Å²) in [5.74, 6) is 1.25. The van der Waals surface area contributed by atoms with E-state index in [-0.39, 0.29) is 0 Å². The van der Waals surface area contributed by atoms with E-state index in [1.54, 1.807) is 0 Å². The van der Waals surface area contributed by atoms with Crippen LogP contribution >= 0.6 is 0 Å². The summed E-state index contributed by atoms with van der Waals surface area (Å²) in [6.45, 7) is 4.18. The smallest absolute Gasteiger partial charge is 0.222 e. The Balaban J connectivity index is 1.97. The maximum absolute atomic E-state index is 11.6. The van der Waals surface area contributed by atoms with Crippen molar-refractivity contribution < 1.29 is 4.79 Å². The van der Waals surface area contributed by atoms with Gasteiger partial charge >= 0.3 is 0 Å². The van der Waals surface area contributed by atoms with Crippen LogP contribution in [0.3, 0.4) is 0 Å². The first-order chi connectivity index (χ1) is 6.29. The van der Waals surface area contributed by atoms with Gasteiger partial charge < -0.3 is 4.90 Å². The molecule has 1 saturated carbocycles. The van der Waals surface area contributed by atoms with E-state index in [1.165, 1.54) is 25.7 Å². The third kappa shape index (κ3) is 1.18. The number of hydrogen-bond donors (Lipinski definition) is 0. The number of carbonyl (C=O) groups is 1. The Labute approximate surface area is 80.3 Å². The molecule has 1 aliphatic carbocycles. The van der Waals surface area contributed by atoms with Crippen molar-refractivity contribution in [1.29, 1.82) is 0 Å². The van der Waals surface area contributed by atoms with Crippen LogP contribution in [0.15, 0.2) is 0 Å². The highest BCUT2D eigenvalue weighted by molar-refractivity contribution is 5.78. The van der Waals surface area contributed by atoms with Crippen molar-refractivity contribution in [2.75, 3.05) is 0 Å². The fourth-order valence-corrected chi connectivity index (χ4v) is 2.85. The highest BCUT2D eigenvalue weighted by Gasteiger charge is 2.54. The largest absolute Gasteiger partial charge is 0.336 e. The van der Waals surface area contributed by atoms with Crippen LogP contribution in [0, 0.1) is 5.92 Å². The molecule has 1 heterocycles. The van der Waals surface area contributed by atoms with Gasteiger partial charge in [0.05, 0.1) is 0 Å². The fraction of sp³-hybridized carbons (Fsp3) is 0.909. The average Bonchev–Trinajstić information content (AvgIpc) is 2.10. The molecule has 0 radical (unpaired) electrons. The summed E-state index contributed by atoms with van der Waals surface area (Å²) in [4.78, 5) is 13.8. The molecule has 1 saturated heterocycles. The lowest BCUT2D eigenvalue weighted by molar-refractivity contribution is -0.169. The molecule has 0 spiro atoms. The molecule has 0 aromatic heterocycles. The van der Waals surface area contributed by atoms with E-state index in [1.807, 2.05) is 6.92 Å². The van der Waals surface area contributed by atoms with Gasteiger partial charge in [-0.15, -0.1) is 0 Å². The number of piperidine rings is 1. The van der Waals surface area contributed by atoms with E-state index in [4.69, 9.17) is 0 Å². The van der Waals surface area contributed by atoms with Crippen molar-refractivity contribution in [2.45, 2.75) is 58.0 Å². The Morgan fingerprint density at radius 3 is 2.62 bits per heavy atom. The zero-order valence-electron chi connectivity index (χ0n) is 8.62. The summed E-state index contributed by atoms with van der Waals surface area (Å²) in [5, 5.41) is 0. The van der Waals surface area contributed by atoms with E-state index in [2.05, 4.69) is 11.8 Å². The highest BCUT2D eigenvalue weighted by atomic mass is 16.2. The van der Waals surface area contributed by atoms with Crippen LogP contribution in [-0.4, -0.2) is 22.9 Å². The van der Waals surface area contributed by atoms with Crippen molar-refractivity contribution >= 4 is 5.91 Å². The van der Waals surface area contributed by atoms with Crippen LogP contribution < -0.4 is 0 Å². The second-order valence-corrected chi connectivity index (χ2v) is 4.32. The molecule has 2 nitrogen and oxygen atoms in total. The molecule has 1 aliphatic heterocycles. The lowest BCUT2D eigenvalue weighted by Gasteiger charge is -2.62. The Kier molecular flexibility index (Phi) is 2.31. The van der Waals surface area contributed by atoms with Gasteiger partial charge in [-0.3, -0.25) is 4.79 Å². The molecule has 0 aromatic carbocycles. The highest BCUT2D eigenvalue weighted by Crippen LogP contribution is 2.48. The minimum Gasteiger partial charge on any atom is -0.336 e. The molecule has 1 amide bonds. The Hall–Kier alpha value is -0.530. The van der Waals surface area contributed by atoms with E-state index in [0.29, 0.717) is 24.4 Å². The van der Waals surface area contributed by atoms with Crippen LogP contribution in [0.4, 0.5) is 0 Å². The molecule has 0 N–H and O–H groups in total. The first-order valence-corrected chi connectivity index (χ1v) is 5.60. The van der Waals surface area contributed by atoms with Crippen LogP contribution in [0.5, 0.6) is 0 Å². The van der Waals surface area contributed by atoms with Gasteiger partial charge in [0.25, 0.3) is 0 Å². The normalized spacial score (nSPS) is 36.2. The Bertz CT molecular complexity index is 214. The van der Waals surface area contributed by atoms with Crippen molar-refractivity contribution in [3.05, 3.63) is 0 Å². The predicted octanol–water partition coefficient (Wildman–Crippen LogP) is 2.19. The third-order valence-corrected chi connectivity index (χ3v) is 3.67. The van der Waals surface area contributed by atoms with Crippen molar-refractivity contribution in [3.8, 4) is 0 Å². The monoisotopic (exact) mass is 181 g/mol. The second-order valence-electron chi connectivity index (χ2n) is 4.32.